The molecule has 0 N–H and O–H groups in total. The van der Waals surface area contributed by atoms with Crippen LogP contribution in [0.15, 0.2) is 36.5 Å². The summed E-state index contributed by atoms with van der Waals surface area (Å²) in [4.78, 5) is 3.45. The third kappa shape index (κ3) is 2.76. The molecule has 1 radical (unpaired) electrons. The van der Waals surface area contributed by atoms with E-state index in [4.69, 9.17) is 0 Å². The maximum absolute atomic E-state index is 12.9. The number of hydrogen-bond donors (Lipinski definition) is 0. The molecule has 0 bridgehead atoms. The highest BCUT2D eigenvalue weighted by Crippen LogP contribution is 2.43. The van der Waals surface area contributed by atoms with Crippen LogP contribution in [-0.2, 0) is 12.4 Å². The molecule has 1 aromatic heterocycles. The van der Waals surface area contributed by atoms with Gasteiger partial charge in [-0.3, -0.25) is 4.98 Å². The lowest BCUT2D eigenvalue weighted by Gasteiger charge is -2.18. The number of alkyl halides is 6. The first kappa shape index (κ1) is 14.4. The predicted octanol–water partition coefficient (Wildman–Crippen LogP) is 4.59. The second-order valence-electron chi connectivity index (χ2n) is 3.90. The quantitative estimate of drug-likeness (QED) is 0.700. The zero-order valence-corrected chi connectivity index (χ0v) is 9.68. The Bertz CT molecular complexity index is 568. The summed E-state index contributed by atoms with van der Waals surface area (Å²) in [5.41, 5.74) is -3.88. The van der Waals surface area contributed by atoms with Gasteiger partial charge in [0.2, 0.25) is 0 Å². The van der Waals surface area contributed by atoms with Crippen LogP contribution in [0, 0.1) is 6.20 Å². The van der Waals surface area contributed by atoms with Crippen LogP contribution in [0.5, 0.6) is 0 Å². The number of pyridine rings is 1. The number of halogens is 6. The largest absolute Gasteiger partial charge is 0.417 e. The number of benzene rings is 1. The van der Waals surface area contributed by atoms with Gasteiger partial charge < -0.3 is 0 Å². The van der Waals surface area contributed by atoms with Gasteiger partial charge in [0.15, 0.2) is 0 Å². The van der Waals surface area contributed by atoms with E-state index in [0.29, 0.717) is 12.1 Å². The van der Waals surface area contributed by atoms with Crippen molar-refractivity contribution in [2.45, 2.75) is 12.4 Å². The van der Waals surface area contributed by atoms with E-state index >= 15 is 0 Å². The van der Waals surface area contributed by atoms with Gasteiger partial charge in [-0.25, -0.2) is 0 Å². The molecule has 1 aromatic carbocycles. The van der Waals surface area contributed by atoms with Crippen LogP contribution in [0.3, 0.4) is 0 Å². The second kappa shape index (κ2) is 4.81. The molecule has 0 saturated heterocycles. The highest BCUT2D eigenvalue weighted by atomic mass is 19.4. The van der Waals surface area contributed by atoms with E-state index < -0.39 is 29.0 Å². The van der Waals surface area contributed by atoms with E-state index in [2.05, 4.69) is 11.2 Å². The Labute approximate surface area is 109 Å². The number of nitrogens with zero attached hydrogens (tertiary/aromatic N) is 1. The second-order valence-corrected chi connectivity index (χ2v) is 3.90. The smallest absolute Gasteiger partial charge is 0.254 e. The molecule has 20 heavy (non-hydrogen) atoms. The Hall–Kier alpha value is -2.05. The van der Waals surface area contributed by atoms with Gasteiger partial charge >= 0.3 is 12.4 Å². The van der Waals surface area contributed by atoms with Crippen molar-refractivity contribution in [2.24, 2.45) is 0 Å². The molecule has 1 heterocycles. The molecule has 0 aliphatic heterocycles. The third-order valence-electron chi connectivity index (χ3n) is 2.58. The summed E-state index contributed by atoms with van der Waals surface area (Å²) in [5.74, 6) is 0. The summed E-state index contributed by atoms with van der Waals surface area (Å²) in [5, 5.41) is 0. The van der Waals surface area contributed by atoms with Gasteiger partial charge in [0.25, 0.3) is 0 Å². The average Bonchev–Trinajstić information content (AvgIpc) is 2.37. The highest BCUT2D eigenvalue weighted by Gasteiger charge is 2.40. The van der Waals surface area contributed by atoms with Gasteiger partial charge in [-0.05, 0) is 18.2 Å². The zero-order chi connectivity index (χ0) is 15.0. The molecule has 2 aromatic rings. The normalized spacial score (nSPS) is 12.5. The Kier molecular flexibility index (Phi) is 3.45. The van der Waals surface area contributed by atoms with Crippen molar-refractivity contribution < 1.29 is 26.3 Å². The molecule has 0 atom stereocenters. The molecule has 105 valence electrons. The van der Waals surface area contributed by atoms with Crippen LogP contribution < -0.4 is 0 Å². The van der Waals surface area contributed by atoms with Crippen LogP contribution in [0.25, 0.3) is 11.1 Å². The molecule has 0 fully saturated rings. The van der Waals surface area contributed by atoms with Crippen molar-refractivity contribution >= 4 is 0 Å². The van der Waals surface area contributed by atoms with Crippen LogP contribution >= 0.6 is 0 Å². The molecule has 0 amide bonds. The summed E-state index contributed by atoms with van der Waals surface area (Å²) in [6.45, 7) is 0. The molecule has 1 nitrogen and oxygen atoms in total. The van der Waals surface area contributed by atoms with Crippen LogP contribution in [0.4, 0.5) is 26.3 Å². The van der Waals surface area contributed by atoms with Crippen molar-refractivity contribution in [3.05, 3.63) is 53.9 Å². The van der Waals surface area contributed by atoms with Crippen LogP contribution in [0.2, 0.25) is 0 Å². The van der Waals surface area contributed by atoms with Gasteiger partial charge in [0, 0.05) is 17.3 Å². The Morgan fingerprint density at radius 1 is 0.850 bits per heavy atom. The minimum atomic E-state index is -4.89. The van der Waals surface area contributed by atoms with E-state index in [1.54, 1.807) is 0 Å². The molecule has 0 saturated carbocycles. The minimum Gasteiger partial charge on any atom is -0.254 e. The van der Waals surface area contributed by atoms with Gasteiger partial charge in [-0.1, -0.05) is 12.1 Å². The van der Waals surface area contributed by atoms with Gasteiger partial charge in [0.05, 0.1) is 17.3 Å². The lowest BCUT2D eigenvalue weighted by atomic mass is 9.94. The van der Waals surface area contributed by atoms with Gasteiger partial charge in [-0.2, -0.15) is 26.3 Å². The molecule has 0 spiro atoms. The fraction of sp³-hybridized carbons (Fsp3) is 0.154. The predicted molar refractivity (Wildman–Crippen MR) is 58.5 cm³/mol. The first-order chi connectivity index (χ1) is 9.21. The van der Waals surface area contributed by atoms with Crippen LogP contribution in [0.1, 0.15) is 11.1 Å². The lowest BCUT2D eigenvalue weighted by molar-refractivity contribution is -0.142. The minimum absolute atomic E-state index is 0.260. The Morgan fingerprint density at radius 2 is 1.40 bits per heavy atom. The maximum atomic E-state index is 12.9. The number of hydrogen-bond acceptors (Lipinski definition) is 1. The van der Waals surface area contributed by atoms with Gasteiger partial charge in [-0.15, -0.1) is 0 Å². The zero-order valence-electron chi connectivity index (χ0n) is 9.68. The molecular formula is C13H6F6N. The van der Waals surface area contributed by atoms with E-state index in [-0.39, 0.29) is 5.56 Å². The molecular weight excluding hydrogens is 284 g/mol. The molecule has 0 unspecified atom stereocenters. The monoisotopic (exact) mass is 290 g/mol. The first-order valence-corrected chi connectivity index (χ1v) is 5.31. The highest BCUT2D eigenvalue weighted by molar-refractivity contribution is 5.71. The fourth-order valence-electron chi connectivity index (χ4n) is 1.80. The number of aromatic nitrogens is 1. The molecule has 0 aliphatic rings. The van der Waals surface area contributed by atoms with E-state index in [0.717, 1.165) is 24.4 Å². The summed E-state index contributed by atoms with van der Waals surface area (Å²) in [6.07, 6.45) is -6.56. The number of rotatable bonds is 1. The van der Waals surface area contributed by atoms with Gasteiger partial charge in [0.1, 0.15) is 0 Å². The fourth-order valence-corrected chi connectivity index (χ4v) is 1.80. The van der Waals surface area contributed by atoms with Crippen LogP contribution in [-0.4, -0.2) is 4.98 Å². The first-order valence-electron chi connectivity index (χ1n) is 5.31. The van der Waals surface area contributed by atoms with Crippen molar-refractivity contribution in [1.29, 1.82) is 0 Å². The molecule has 0 aliphatic carbocycles. The van der Waals surface area contributed by atoms with E-state index in [1.807, 2.05) is 0 Å². The standard InChI is InChI=1S/C13H6F6N/c14-12(15,16)9-4-1-5-10(13(17,18)19)11(9)8-3-2-6-20-7-8/h1-5,7H. The van der Waals surface area contributed by atoms with E-state index in [1.165, 1.54) is 0 Å². The van der Waals surface area contributed by atoms with Crippen molar-refractivity contribution in [1.82, 2.24) is 4.98 Å². The lowest BCUT2D eigenvalue weighted by Crippen LogP contribution is -2.14. The topological polar surface area (TPSA) is 12.9 Å². The third-order valence-corrected chi connectivity index (χ3v) is 2.58. The summed E-state index contributed by atoms with van der Waals surface area (Å²) in [7, 11) is 0. The van der Waals surface area contributed by atoms with E-state index in [9.17, 15) is 26.3 Å². The van der Waals surface area contributed by atoms with Crippen molar-refractivity contribution in [3.63, 3.8) is 0 Å². The van der Waals surface area contributed by atoms with Crippen molar-refractivity contribution in [3.8, 4) is 11.1 Å². The molecule has 2 rings (SSSR count). The SMILES string of the molecule is FC(F)(F)c1cccc(C(F)(F)F)c1-c1cc[c]nc1. The Morgan fingerprint density at radius 3 is 1.80 bits per heavy atom. The molecule has 7 heteroatoms. The summed E-state index contributed by atoms with van der Waals surface area (Å²) < 4.78 is 77.4. The van der Waals surface area contributed by atoms with Crippen molar-refractivity contribution in [2.75, 3.05) is 0 Å². The summed E-state index contributed by atoms with van der Waals surface area (Å²) >= 11 is 0. The average molecular weight is 290 g/mol. The maximum Gasteiger partial charge on any atom is 0.417 e. The Balaban J connectivity index is 2.80. The summed E-state index contributed by atoms with van der Waals surface area (Å²) in [6, 6.07) is 4.22.